The largest absolute Gasteiger partial charge is 0.477 e. The molecule has 0 saturated carbocycles. The van der Waals surface area contributed by atoms with Crippen LogP contribution in [0.5, 0.6) is 0 Å². The van der Waals surface area contributed by atoms with Gasteiger partial charge in [0.15, 0.2) is 0 Å². The lowest BCUT2D eigenvalue weighted by molar-refractivity contribution is -0.150. The maximum absolute atomic E-state index is 12.6. The molecule has 2 aliphatic heterocycles. The fourth-order valence-electron chi connectivity index (χ4n) is 2.79. The van der Waals surface area contributed by atoms with Crippen molar-refractivity contribution in [2.24, 2.45) is 12.2 Å². The molecule has 3 heterocycles. The third-order valence-corrected chi connectivity index (χ3v) is 7.14. The highest BCUT2D eigenvalue weighted by molar-refractivity contribution is 9.09. The number of amides is 2. The Hall–Kier alpha value is -2.46. The standard InChI is InChI=1S/C14H14BrN7O6S2/c1-21-14(17-19-20-21)30-4-5-3-29-12-8(11(25)22(12)9(5)13(26)27)16-10(24)7(18-28)6(23)2-15/h8,12,28H,2-4H2,1H3,(H,16,24)(H,26,27)/t8?,12-/m0/s1. The van der Waals surface area contributed by atoms with Crippen LogP contribution in [0.4, 0.5) is 0 Å². The number of β-lactam (4-membered cyclic amide) rings is 1. The molecule has 1 unspecified atom stereocenters. The van der Waals surface area contributed by atoms with Crippen LogP contribution in [0.25, 0.3) is 0 Å². The van der Waals surface area contributed by atoms with Gasteiger partial charge in [-0.25, -0.2) is 9.48 Å². The molecule has 0 aromatic carbocycles. The van der Waals surface area contributed by atoms with Gasteiger partial charge in [0, 0.05) is 18.6 Å². The molecule has 13 nitrogen and oxygen atoms in total. The van der Waals surface area contributed by atoms with E-state index >= 15 is 0 Å². The number of carboxylic acids is 1. The molecular weight excluding hydrogens is 506 g/mol. The second-order valence-corrected chi connectivity index (χ2v) is 8.61. The summed E-state index contributed by atoms with van der Waals surface area (Å²) >= 11 is 5.37. The molecule has 1 aromatic heterocycles. The Labute approximate surface area is 185 Å². The highest BCUT2D eigenvalue weighted by Crippen LogP contribution is 2.41. The fraction of sp³-hybridized carbons (Fsp3) is 0.429. The first-order valence-electron chi connectivity index (χ1n) is 8.17. The van der Waals surface area contributed by atoms with Crippen molar-refractivity contribution in [1.29, 1.82) is 0 Å². The number of aromatic nitrogens is 4. The van der Waals surface area contributed by atoms with Gasteiger partial charge in [0.1, 0.15) is 17.1 Å². The van der Waals surface area contributed by atoms with E-state index in [1.54, 1.807) is 7.05 Å². The molecule has 2 atom stereocenters. The predicted octanol–water partition coefficient (Wildman–Crippen LogP) is -1.16. The number of Topliss-reactive ketones (excluding diaryl/α,β-unsaturated/α-hetero) is 1. The Balaban J connectivity index is 1.75. The van der Waals surface area contributed by atoms with E-state index in [0.29, 0.717) is 16.5 Å². The Bertz CT molecular complexity index is 980. The zero-order valence-corrected chi connectivity index (χ0v) is 18.4. The van der Waals surface area contributed by atoms with Crippen molar-refractivity contribution in [2.75, 3.05) is 16.8 Å². The predicted molar refractivity (Wildman–Crippen MR) is 107 cm³/mol. The van der Waals surface area contributed by atoms with Crippen LogP contribution in [0, 0.1) is 0 Å². The topological polar surface area (TPSA) is 180 Å². The van der Waals surface area contributed by atoms with Gasteiger partial charge in [-0.05, 0) is 16.0 Å². The first kappa shape index (κ1) is 22.2. The monoisotopic (exact) mass is 519 g/mol. The molecular formula is C14H14BrN7O6S2. The number of alkyl halides is 1. The summed E-state index contributed by atoms with van der Waals surface area (Å²) in [5.41, 5.74) is -0.381. The third-order valence-electron chi connectivity index (χ3n) is 4.19. The Morgan fingerprint density at radius 3 is 2.73 bits per heavy atom. The van der Waals surface area contributed by atoms with Gasteiger partial charge in [0.2, 0.25) is 16.7 Å². The third kappa shape index (κ3) is 4.06. The number of hydrogen-bond donors (Lipinski definition) is 3. The molecule has 1 aromatic rings. The number of nitrogens with zero attached hydrogens (tertiary/aromatic N) is 6. The van der Waals surface area contributed by atoms with Gasteiger partial charge < -0.3 is 15.6 Å². The Morgan fingerprint density at radius 2 is 2.17 bits per heavy atom. The van der Waals surface area contributed by atoms with Crippen molar-refractivity contribution in [1.82, 2.24) is 30.4 Å². The lowest BCUT2D eigenvalue weighted by atomic mass is 10.0. The van der Waals surface area contributed by atoms with Crippen LogP contribution in [-0.4, -0.2) is 93.0 Å². The number of ketones is 1. The lowest BCUT2D eigenvalue weighted by Crippen LogP contribution is -2.71. The van der Waals surface area contributed by atoms with Crippen molar-refractivity contribution in [3.8, 4) is 0 Å². The fourth-order valence-corrected chi connectivity index (χ4v) is 5.39. The van der Waals surface area contributed by atoms with Gasteiger partial charge >= 0.3 is 5.97 Å². The molecule has 3 rings (SSSR count). The number of oxime groups is 1. The van der Waals surface area contributed by atoms with Crippen molar-refractivity contribution < 1.29 is 29.5 Å². The minimum absolute atomic E-state index is 0.149. The number of nitrogens with one attached hydrogen (secondary N) is 1. The highest BCUT2D eigenvalue weighted by atomic mass is 79.9. The van der Waals surface area contributed by atoms with Crippen molar-refractivity contribution in [3.63, 3.8) is 0 Å². The summed E-state index contributed by atoms with van der Waals surface area (Å²) in [6.45, 7) is 0. The maximum Gasteiger partial charge on any atom is 0.352 e. The van der Waals surface area contributed by atoms with Crippen LogP contribution in [-0.2, 0) is 26.2 Å². The van der Waals surface area contributed by atoms with Crippen LogP contribution >= 0.6 is 39.5 Å². The van der Waals surface area contributed by atoms with Gasteiger partial charge in [0.05, 0.1) is 5.33 Å². The van der Waals surface area contributed by atoms with E-state index in [9.17, 15) is 24.3 Å². The van der Waals surface area contributed by atoms with E-state index in [-0.39, 0.29) is 16.8 Å². The van der Waals surface area contributed by atoms with Crippen LogP contribution < -0.4 is 5.32 Å². The molecule has 2 aliphatic rings. The Morgan fingerprint density at radius 1 is 1.43 bits per heavy atom. The van der Waals surface area contributed by atoms with Crippen LogP contribution in [0.1, 0.15) is 0 Å². The molecule has 16 heteroatoms. The number of tetrazole rings is 1. The molecule has 0 spiro atoms. The number of aryl methyl sites for hydroxylation is 1. The number of carbonyl (C=O) groups is 4. The SMILES string of the molecule is Cn1nnnc1SCC1=C(C(=O)O)N2C(=O)C(NC(=O)C(=NO)C(=O)CBr)[C@@H]2SC1. The normalized spacial score (nSPS) is 21.2. The highest BCUT2D eigenvalue weighted by Gasteiger charge is 2.54. The number of fused-ring (bicyclic) bond motifs is 1. The van der Waals surface area contributed by atoms with E-state index in [2.05, 4.69) is 41.9 Å². The lowest BCUT2D eigenvalue weighted by Gasteiger charge is -2.49. The number of carbonyl (C=O) groups excluding carboxylic acids is 3. The Kier molecular flexibility index (Phi) is 6.77. The molecule has 2 amide bonds. The number of rotatable bonds is 8. The summed E-state index contributed by atoms with van der Waals surface area (Å²) in [7, 11) is 1.65. The molecule has 1 saturated heterocycles. The quantitative estimate of drug-likeness (QED) is 0.0715. The average Bonchev–Trinajstić information content (AvgIpc) is 3.14. The minimum Gasteiger partial charge on any atom is -0.477 e. The van der Waals surface area contributed by atoms with E-state index in [4.69, 9.17) is 5.21 Å². The molecule has 0 aliphatic carbocycles. The average molecular weight is 520 g/mol. The van der Waals surface area contributed by atoms with Crippen LogP contribution in [0.15, 0.2) is 21.6 Å². The zero-order chi connectivity index (χ0) is 22.0. The van der Waals surface area contributed by atoms with Gasteiger partial charge in [-0.15, -0.1) is 16.9 Å². The maximum atomic E-state index is 12.6. The minimum atomic E-state index is -1.27. The zero-order valence-electron chi connectivity index (χ0n) is 15.2. The summed E-state index contributed by atoms with van der Waals surface area (Å²) in [6.07, 6.45) is 0. The van der Waals surface area contributed by atoms with E-state index < -0.39 is 40.7 Å². The van der Waals surface area contributed by atoms with E-state index in [1.165, 1.54) is 28.2 Å². The van der Waals surface area contributed by atoms with E-state index in [0.717, 1.165) is 4.90 Å². The van der Waals surface area contributed by atoms with Crippen molar-refractivity contribution in [2.45, 2.75) is 16.6 Å². The summed E-state index contributed by atoms with van der Waals surface area (Å²) in [5.74, 6) is -3.11. The van der Waals surface area contributed by atoms with Crippen molar-refractivity contribution >= 4 is 68.7 Å². The summed E-state index contributed by atoms with van der Waals surface area (Å²) in [5, 5.41) is 34.2. The number of aliphatic carboxylic acids is 1. The summed E-state index contributed by atoms with van der Waals surface area (Å²) in [6, 6.07) is -1.05. The number of halogens is 1. The first-order chi connectivity index (χ1) is 14.3. The molecule has 0 bridgehead atoms. The molecule has 160 valence electrons. The van der Waals surface area contributed by atoms with Gasteiger partial charge in [-0.2, -0.15) is 0 Å². The number of carboxylic acid groups (broad SMARTS) is 1. The summed E-state index contributed by atoms with van der Waals surface area (Å²) in [4.78, 5) is 49.3. The van der Waals surface area contributed by atoms with Gasteiger partial charge in [-0.1, -0.05) is 32.8 Å². The molecule has 3 N–H and O–H groups in total. The molecule has 0 radical (unpaired) electrons. The van der Waals surface area contributed by atoms with Gasteiger partial charge in [0.25, 0.3) is 11.8 Å². The second kappa shape index (κ2) is 9.13. The van der Waals surface area contributed by atoms with E-state index in [1.807, 2.05) is 0 Å². The number of hydrogen-bond acceptors (Lipinski definition) is 11. The van der Waals surface area contributed by atoms with Crippen molar-refractivity contribution in [3.05, 3.63) is 11.3 Å². The smallest absolute Gasteiger partial charge is 0.352 e. The van der Waals surface area contributed by atoms with Gasteiger partial charge in [-0.3, -0.25) is 19.3 Å². The molecule has 1 fully saturated rings. The van der Waals surface area contributed by atoms with Crippen LogP contribution in [0.3, 0.4) is 0 Å². The van der Waals surface area contributed by atoms with Crippen LogP contribution in [0.2, 0.25) is 0 Å². The summed E-state index contributed by atoms with van der Waals surface area (Å²) < 4.78 is 1.44. The molecule has 30 heavy (non-hydrogen) atoms. The number of thioether (sulfide) groups is 2. The first-order valence-corrected chi connectivity index (χ1v) is 11.3. The second-order valence-electron chi connectivity index (χ2n) is 6.00.